The minimum atomic E-state index is -1.05. The van der Waals surface area contributed by atoms with Crippen LogP contribution in [0.4, 0.5) is 0 Å². The number of carbonyl (C=O) groups is 2. The second-order valence-corrected chi connectivity index (χ2v) is 4.35. The molecule has 0 fully saturated rings. The van der Waals surface area contributed by atoms with Gasteiger partial charge in [-0.3, -0.25) is 9.59 Å². The van der Waals surface area contributed by atoms with E-state index in [9.17, 15) is 9.59 Å². The van der Waals surface area contributed by atoms with Gasteiger partial charge in [0.05, 0.1) is 12.5 Å². The van der Waals surface area contributed by atoms with Crippen molar-refractivity contribution in [1.82, 2.24) is 5.32 Å². The number of carboxylic acid groups (broad SMARTS) is 1. The van der Waals surface area contributed by atoms with Crippen molar-refractivity contribution in [3.63, 3.8) is 0 Å². The van der Waals surface area contributed by atoms with Gasteiger partial charge in [-0.1, -0.05) is 11.6 Å². The third kappa shape index (κ3) is 5.49. The third-order valence-electron chi connectivity index (χ3n) is 2.86. The van der Waals surface area contributed by atoms with E-state index in [0.29, 0.717) is 6.54 Å². The molecule has 0 spiro atoms. The minimum Gasteiger partial charge on any atom is -0.481 e. The number of hydrogen-bond acceptors (Lipinski definition) is 3. The summed E-state index contributed by atoms with van der Waals surface area (Å²) >= 11 is 0. The number of aliphatic carboxylic acids is 1. The number of carboxylic acids is 1. The summed E-state index contributed by atoms with van der Waals surface area (Å²) in [5.41, 5.74) is 6.81. The number of nitrogens with one attached hydrogen (secondary N) is 1. The van der Waals surface area contributed by atoms with Crippen molar-refractivity contribution in [2.24, 2.45) is 5.73 Å². The molecule has 5 heteroatoms. The lowest BCUT2D eigenvalue weighted by Crippen LogP contribution is -2.42. The van der Waals surface area contributed by atoms with Crippen molar-refractivity contribution in [2.45, 2.75) is 44.6 Å². The van der Waals surface area contributed by atoms with E-state index in [0.717, 1.165) is 19.3 Å². The van der Waals surface area contributed by atoms with Crippen LogP contribution in [0.2, 0.25) is 0 Å². The fourth-order valence-corrected chi connectivity index (χ4v) is 1.89. The Labute approximate surface area is 101 Å². The number of carbonyl (C=O) groups excluding carboxylic acids is 1. The van der Waals surface area contributed by atoms with E-state index >= 15 is 0 Å². The first kappa shape index (κ1) is 13.7. The van der Waals surface area contributed by atoms with E-state index in [1.807, 2.05) is 0 Å². The molecule has 0 aromatic rings. The van der Waals surface area contributed by atoms with Crippen LogP contribution in [0.1, 0.15) is 38.5 Å². The van der Waals surface area contributed by atoms with E-state index in [1.165, 1.54) is 18.4 Å². The molecule has 1 rings (SSSR count). The highest BCUT2D eigenvalue weighted by Gasteiger charge is 2.16. The molecule has 1 aliphatic rings. The van der Waals surface area contributed by atoms with Crippen molar-refractivity contribution in [1.29, 1.82) is 0 Å². The topological polar surface area (TPSA) is 92.4 Å². The van der Waals surface area contributed by atoms with Gasteiger partial charge in [0.15, 0.2) is 0 Å². The van der Waals surface area contributed by atoms with Crippen LogP contribution in [-0.2, 0) is 9.59 Å². The first-order valence-corrected chi connectivity index (χ1v) is 6.02. The molecule has 96 valence electrons. The van der Waals surface area contributed by atoms with Gasteiger partial charge >= 0.3 is 5.97 Å². The van der Waals surface area contributed by atoms with Gasteiger partial charge in [-0.15, -0.1) is 0 Å². The summed E-state index contributed by atoms with van der Waals surface area (Å²) in [6, 6.07) is -0.951. The molecule has 0 aromatic carbocycles. The summed E-state index contributed by atoms with van der Waals surface area (Å²) in [5.74, 6) is -1.44. The molecule has 0 aliphatic heterocycles. The molecule has 4 N–H and O–H groups in total. The first-order chi connectivity index (χ1) is 8.09. The number of nitrogens with two attached hydrogens (primary N) is 1. The predicted octanol–water partition coefficient (Wildman–Crippen LogP) is 0.795. The molecule has 0 heterocycles. The van der Waals surface area contributed by atoms with Crippen LogP contribution in [0.25, 0.3) is 0 Å². The normalized spacial score (nSPS) is 17.1. The van der Waals surface area contributed by atoms with Crippen LogP contribution in [-0.4, -0.2) is 29.6 Å². The number of hydrogen-bond donors (Lipinski definition) is 3. The molecule has 0 saturated carbocycles. The van der Waals surface area contributed by atoms with Gasteiger partial charge in [0.2, 0.25) is 5.91 Å². The SMILES string of the molecule is NC(CC(=O)O)C(=O)NCCC1=CCCCC1. The molecule has 5 nitrogen and oxygen atoms in total. The van der Waals surface area contributed by atoms with Crippen molar-refractivity contribution >= 4 is 11.9 Å². The van der Waals surface area contributed by atoms with Crippen LogP contribution in [0.5, 0.6) is 0 Å². The Bertz CT molecular complexity index is 313. The summed E-state index contributed by atoms with van der Waals surface area (Å²) in [5, 5.41) is 11.2. The van der Waals surface area contributed by atoms with Gasteiger partial charge in [-0.05, 0) is 32.1 Å². The molecule has 0 radical (unpaired) electrons. The molecular formula is C12H20N2O3. The Hall–Kier alpha value is -1.36. The summed E-state index contributed by atoms with van der Waals surface area (Å²) in [6.45, 7) is 0.540. The van der Waals surface area contributed by atoms with Crippen molar-refractivity contribution in [2.75, 3.05) is 6.54 Å². The van der Waals surface area contributed by atoms with Gasteiger partial charge in [0.25, 0.3) is 0 Å². The second-order valence-electron chi connectivity index (χ2n) is 4.35. The van der Waals surface area contributed by atoms with E-state index in [1.54, 1.807) is 0 Å². The molecule has 0 aromatic heterocycles. The Kier molecular flexibility index (Phi) is 5.69. The van der Waals surface area contributed by atoms with Crippen molar-refractivity contribution < 1.29 is 14.7 Å². The van der Waals surface area contributed by atoms with E-state index in [2.05, 4.69) is 11.4 Å². The quantitative estimate of drug-likeness (QED) is 0.599. The number of rotatable bonds is 6. The summed E-state index contributed by atoms with van der Waals surface area (Å²) in [4.78, 5) is 21.8. The molecule has 0 bridgehead atoms. The van der Waals surface area contributed by atoms with Crippen molar-refractivity contribution in [3.05, 3.63) is 11.6 Å². The second kappa shape index (κ2) is 7.06. The Balaban J connectivity index is 2.19. The number of allylic oxidation sites excluding steroid dienone is 1. The summed E-state index contributed by atoms with van der Waals surface area (Å²) in [7, 11) is 0. The lowest BCUT2D eigenvalue weighted by molar-refractivity contribution is -0.139. The van der Waals surface area contributed by atoms with Crippen LogP contribution in [0.3, 0.4) is 0 Å². The fourth-order valence-electron chi connectivity index (χ4n) is 1.89. The highest BCUT2D eigenvalue weighted by atomic mass is 16.4. The average molecular weight is 240 g/mol. The first-order valence-electron chi connectivity index (χ1n) is 6.02. The van der Waals surface area contributed by atoms with Gasteiger partial charge in [-0.2, -0.15) is 0 Å². The van der Waals surface area contributed by atoms with Crippen LogP contribution < -0.4 is 11.1 Å². The minimum absolute atomic E-state index is 0.325. The fraction of sp³-hybridized carbons (Fsp3) is 0.667. The van der Waals surface area contributed by atoms with Gasteiger partial charge in [-0.25, -0.2) is 0 Å². The Morgan fingerprint density at radius 2 is 2.24 bits per heavy atom. The lowest BCUT2D eigenvalue weighted by Gasteiger charge is -2.14. The van der Waals surface area contributed by atoms with Gasteiger partial charge < -0.3 is 16.2 Å². The zero-order valence-corrected chi connectivity index (χ0v) is 9.95. The molecule has 1 amide bonds. The van der Waals surface area contributed by atoms with Gasteiger partial charge in [0.1, 0.15) is 0 Å². The largest absolute Gasteiger partial charge is 0.481 e. The van der Waals surface area contributed by atoms with Crippen LogP contribution in [0, 0.1) is 0 Å². The highest BCUT2D eigenvalue weighted by molar-refractivity contribution is 5.85. The maximum Gasteiger partial charge on any atom is 0.305 e. The zero-order valence-electron chi connectivity index (χ0n) is 9.95. The standard InChI is InChI=1S/C12H20N2O3/c13-10(8-11(15)16)12(17)14-7-6-9-4-2-1-3-5-9/h4,10H,1-3,5-8,13H2,(H,14,17)(H,15,16). The maximum atomic E-state index is 11.4. The molecule has 17 heavy (non-hydrogen) atoms. The molecule has 1 aliphatic carbocycles. The van der Waals surface area contributed by atoms with Gasteiger partial charge in [0, 0.05) is 6.54 Å². The van der Waals surface area contributed by atoms with Crippen LogP contribution in [0.15, 0.2) is 11.6 Å². The van der Waals surface area contributed by atoms with E-state index < -0.39 is 12.0 Å². The average Bonchev–Trinajstić information content (AvgIpc) is 2.29. The Morgan fingerprint density at radius 3 is 2.82 bits per heavy atom. The number of amides is 1. The molecule has 1 unspecified atom stereocenters. The lowest BCUT2D eigenvalue weighted by atomic mass is 9.97. The smallest absolute Gasteiger partial charge is 0.305 e. The van der Waals surface area contributed by atoms with E-state index in [4.69, 9.17) is 10.8 Å². The third-order valence-corrected chi connectivity index (χ3v) is 2.86. The Morgan fingerprint density at radius 1 is 1.47 bits per heavy atom. The highest BCUT2D eigenvalue weighted by Crippen LogP contribution is 2.19. The molecule has 1 atom stereocenters. The molecule has 0 saturated heterocycles. The predicted molar refractivity (Wildman–Crippen MR) is 64.4 cm³/mol. The van der Waals surface area contributed by atoms with Crippen LogP contribution >= 0.6 is 0 Å². The monoisotopic (exact) mass is 240 g/mol. The summed E-state index contributed by atoms with van der Waals surface area (Å²) in [6.07, 6.45) is 7.45. The van der Waals surface area contributed by atoms with Crippen molar-refractivity contribution in [3.8, 4) is 0 Å². The van der Waals surface area contributed by atoms with E-state index in [-0.39, 0.29) is 12.3 Å². The maximum absolute atomic E-state index is 11.4. The molecular weight excluding hydrogens is 220 g/mol. The zero-order chi connectivity index (χ0) is 12.7. The summed E-state index contributed by atoms with van der Waals surface area (Å²) < 4.78 is 0.